The van der Waals surface area contributed by atoms with Crippen LogP contribution in [-0.2, 0) is 4.74 Å². The number of aliphatic hydroxyl groups excluding tert-OH is 1. The van der Waals surface area contributed by atoms with E-state index in [0.29, 0.717) is 23.6 Å². The summed E-state index contributed by atoms with van der Waals surface area (Å²) in [6.07, 6.45) is 5.45. The average molecular weight is 326 g/mol. The van der Waals surface area contributed by atoms with Gasteiger partial charge in [-0.1, -0.05) is 18.2 Å². The van der Waals surface area contributed by atoms with Crippen LogP contribution >= 0.6 is 0 Å². The van der Waals surface area contributed by atoms with E-state index in [0.717, 1.165) is 43.1 Å². The van der Waals surface area contributed by atoms with E-state index >= 15 is 0 Å². The number of ether oxygens (including phenoxy) is 1. The van der Waals surface area contributed by atoms with Gasteiger partial charge in [-0.3, -0.25) is 4.90 Å². The number of fused-ring (bicyclic) bond motifs is 2. The van der Waals surface area contributed by atoms with E-state index in [9.17, 15) is 9.90 Å². The highest BCUT2D eigenvalue weighted by atomic mass is 16.5. The van der Waals surface area contributed by atoms with Crippen molar-refractivity contribution in [1.29, 1.82) is 0 Å². The normalized spacial score (nSPS) is 37.5. The zero-order valence-electron chi connectivity index (χ0n) is 13.5. The highest BCUT2D eigenvalue weighted by Gasteiger charge is 2.49. The second-order valence-corrected chi connectivity index (χ2v) is 7.55. The van der Waals surface area contributed by atoms with Crippen molar-refractivity contribution in [1.82, 2.24) is 9.88 Å². The Morgan fingerprint density at radius 2 is 1.92 bits per heavy atom. The summed E-state index contributed by atoms with van der Waals surface area (Å²) in [5.41, 5.74) is 1.58. The predicted octanol–water partition coefficient (Wildman–Crippen LogP) is 2.31. The van der Waals surface area contributed by atoms with Crippen LogP contribution in [0.2, 0.25) is 0 Å². The van der Waals surface area contributed by atoms with E-state index in [2.05, 4.69) is 9.88 Å². The molecule has 2 aromatic rings. The average Bonchev–Trinajstić information content (AvgIpc) is 2.99. The van der Waals surface area contributed by atoms with Crippen molar-refractivity contribution in [2.24, 2.45) is 5.92 Å². The van der Waals surface area contributed by atoms with Crippen molar-refractivity contribution in [2.45, 2.75) is 50.0 Å². The molecule has 4 fully saturated rings. The monoisotopic (exact) mass is 326 g/mol. The highest BCUT2D eigenvalue weighted by molar-refractivity contribution is 6.04. The minimum Gasteiger partial charge on any atom is -0.459 e. The van der Waals surface area contributed by atoms with Gasteiger partial charge in [0, 0.05) is 48.6 Å². The van der Waals surface area contributed by atoms with Gasteiger partial charge in [-0.15, -0.1) is 0 Å². The number of hydrogen-bond acceptors (Lipinski definition) is 4. The summed E-state index contributed by atoms with van der Waals surface area (Å²) < 4.78 is 5.87. The fraction of sp³-hybridized carbons (Fsp3) is 0.526. The Labute approximate surface area is 140 Å². The van der Waals surface area contributed by atoms with Gasteiger partial charge in [0.05, 0.1) is 11.7 Å². The van der Waals surface area contributed by atoms with Gasteiger partial charge in [-0.05, 0) is 24.8 Å². The first kappa shape index (κ1) is 14.5. The molecule has 0 aliphatic carbocycles. The summed E-state index contributed by atoms with van der Waals surface area (Å²) in [4.78, 5) is 18.2. The lowest BCUT2D eigenvalue weighted by Crippen LogP contribution is -2.64. The van der Waals surface area contributed by atoms with Gasteiger partial charge in [0.2, 0.25) is 0 Å². The minimum absolute atomic E-state index is 0.00592. The summed E-state index contributed by atoms with van der Waals surface area (Å²) in [5.74, 6) is 0.216. The maximum Gasteiger partial charge on any atom is 0.340 e. The predicted molar refractivity (Wildman–Crippen MR) is 89.7 cm³/mol. The lowest BCUT2D eigenvalue weighted by molar-refractivity contribution is -0.130. The molecular formula is C19H22N2O3. The first-order chi connectivity index (χ1) is 11.7. The van der Waals surface area contributed by atoms with E-state index in [4.69, 9.17) is 4.74 Å². The van der Waals surface area contributed by atoms with Crippen LogP contribution in [-0.4, -0.2) is 51.8 Å². The third-order valence-electron chi connectivity index (χ3n) is 6.18. The molecule has 5 heterocycles. The molecule has 4 saturated heterocycles. The standard InChI is InChI=1S/C19H22N2O3/c22-18-10-21-12-5-11(18)6-13(21)8-14(7-12)24-19(23)16-9-20-17-4-2-1-3-15(16)17/h1-4,9,11-14,18,20,22H,5-8,10H2/t11?,12-,13?,14?,18+/m0/s1. The zero-order valence-corrected chi connectivity index (χ0v) is 13.5. The number of para-hydroxylation sites is 1. The van der Waals surface area contributed by atoms with E-state index in [1.807, 2.05) is 24.3 Å². The summed E-state index contributed by atoms with van der Waals surface area (Å²) in [5, 5.41) is 11.0. The molecule has 4 aliphatic rings. The van der Waals surface area contributed by atoms with Gasteiger partial charge >= 0.3 is 5.97 Å². The van der Waals surface area contributed by atoms with Crippen molar-refractivity contribution >= 4 is 16.9 Å². The Morgan fingerprint density at radius 3 is 2.67 bits per heavy atom. The number of carbonyl (C=O) groups excluding carboxylic acids is 1. The largest absolute Gasteiger partial charge is 0.459 e. The SMILES string of the molecule is O=C(OC1CC2CC3C[C@@H](C1)N2C[C@H]3O)c1c[nH]c2ccccc12. The Hall–Kier alpha value is -1.85. The maximum absolute atomic E-state index is 12.6. The molecule has 0 spiro atoms. The smallest absolute Gasteiger partial charge is 0.340 e. The van der Waals surface area contributed by atoms with E-state index < -0.39 is 0 Å². The number of aliphatic hydroxyl groups is 1. The third-order valence-corrected chi connectivity index (χ3v) is 6.18. The second-order valence-electron chi connectivity index (χ2n) is 7.55. The fourth-order valence-electron chi connectivity index (χ4n) is 5.06. The quantitative estimate of drug-likeness (QED) is 0.831. The minimum atomic E-state index is -0.224. The summed E-state index contributed by atoms with van der Waals surface area (Å²) in [6.45, 7) is 0.795. The number of aromatic nitrogens is 1. The molecule has 24 heavy (non-hydrogen) atoms. The first-order valence-electron chi connectivity index (χ1n) is 8.90. The Bertz CT molecular complexity index is 770. The first-order valence-corrected chi connectivity index (χ1v) is 8.90. The number of nitrogens with one attached hydrogen (secondary N) is 1. The van der Waals surface area contributed by atoms with E-state index in [-0.39, 0.29) is 18.2 Å². The molecule has 4 aliphatic heterocycles. The maximum atomic E-state index is 12.6. The molecule has 1 aromatic heterocycles. The molecule has 1 aromatic carbocycles. The lowest BCUT2D eigenvalue weighted by Gasteiger charge is -2.56. The van der Waals surface area contributed by atoms with Crippen molar-refractivity contribution < 1.29 is 14.6 Å². The van der Waals surface area contributed by atoms with Crippen LogP contribution in [0.3, 0.4) is 0 Å². The number of rotatable bonds is 2. The van der Waals surface area contributed by atoms with Crippen LogP contribution in [0.25, 0.3) is 10.9 Å². The molecule has 4 unspecified atom stereocenters. The van der Waals surface area contributed by atoms with Crippen LogP contribution in [0.15, 0.2) is 30.5 Å². The molecule has 5 heteroatoms. The van der Waals surface area contributed by atoms with Crippen molar-refractivity contribution in [3.05, 3.63) is 36.0 Å². The molecule has 4 bridgehead atoms. The molecule has 6 atom stereocenters. The van der Waals surface area contributed by atoms with Crippen LogP contribution < -0.4 is 0 Å². The second kappa shape index (κ2) is 5.33. The van der Waals surface area contributed by atoms with Crippen LogP contribution in [0, 0.1) is 5.92 Å². The van der Waals surface area contributed by atoms with Crippen molar-refractivity contribution in [3.63, 3.8) is 0 Å². The number of H-pyrrole nitrogens is 1. The molecular weight excluding hydrogens is 304 g/mol. The summed E-state index contributed by atoms with van der Waals surface area (Å²) >= 11 is 0. The molecule has 6 rings (SSSR count). The lowest BCUT2D eigenvalue weighted by atomic mass is 9.71. The van der Waals surface area contributed by atoms with Gasteiger partial charge in [-0.2, -0.15) is 0 Å². The number of benzene rings is 1. The number of esters is 1. The topological polar surface area (TPSA) is 65.6 Å². The van der Waals surface area contributed by atoms with Gasteiger partial charge in [0.15, 0.2) is 0 Å². The molecule has 0 amide bonds. The van der Waals surface area contributed by atoms with Crippen LogP contribution in [0.5, 0.6) is 0 Å². The number of piperidine rings is 4. The Balaban J connectivity index is 1.32. The molecule has 0 radical (unpaired) electrons. The molecule has 2 N–H and O–H groups in total. The van der Waals surface area contributed by atoms with Gasteiger partial charge < -0.3 is 14.8 Å². The van der Waals surface area contributed by atoms with Crippen LogP contribution in [0.4, 0.5) is 0 Å². The summed E-state index contributed by atoms with van der Waals surface area (Å²) in [7, 11) is 0. The van der Waals surface area contributed by atoms with Gasteiger partial charge in [0.1, 0.15) is 6.10 Å². The van der Waals surface area contributed by atoms with Gasteiger partial charge in [-0.25, -0.2) is 4.79 Å². The molecule has 126 valence electrons. The van der Waals surface area contributed by atoms with Crippen molar-refractivity contribution in [3.8, 4) is 0 Å². The Kier molecular flexibility index (Phi) is 3.22. The number of aromatic amines is 1. The van der Waals surface area contributed by atoms with E-state index in [1.54, 1.807) is 6.20 Å². The van der Waals surface area contributed by atoms with E-state index in [1.165, 1.54) is 0 Å². The number of nitrogens with zero attached hydrogens (tertiary/aromatic N) is 1. The fourth-order valence-corrected chi connectivity index (χ4v) is 5.06. The van der Waals surface area contributed by atoms with Crippen LogP contribution in [0.1, 0.15) is 36.0 Å². The molecule has 5 nitrogen and oxygen atoms in total. The zero-order chi connectivity index (χ0) is 16.3. The molecule has 0 saturated carbocycles. The highest BCUT2D eigenvalue weighted by Crippen LogP contribution is 2.43. The number of carbonyl (C=O) groups is 1. The van der Waals surface area contributed by atoms with Gasteiger partial charge in [0.25, 0.3) is 0 Å². The Morgan fingerprint density at radius 1 is 1.17 bits per heavy atom. The third kappa shape index (κ3) is 2.19. The van der Waals surface area contributed by atoms with Crippen molar-refractivity contribution in [2.75, 3.05) is 6.54 Å². The summed E-state index contributed by atoms with van der Waals surface area (Å²) in [6, 6.07) is 8.73. The number of hydrogen-bond donors (Lipinski definition) is 2.